The number of rotatable bonds is 15. The monoisotopic (exact) mass is 720 g/mol. The van der Waals surface area contributed by atoms with Gasteiger partial charge in [0, 0.05) is 26.2 Å². The number of piperidine rings is 2. The third kappa shape index (κ3) is 12.0. The zero-order valence-electron chi connectivity index (χ0n) is 31.6. The third-order valence-electron chi connectivity index (χ3n) is 9.99. The Kier molecular flexibility index (Phi) is 14.1. The maximum Gasteiger partial charge on any atom is 0.410 e. The highest BCUT2D eigenvalue weighted by atomic mass is 16.6. The molecule has 0 spiro atoms. The molecule has 0 aromatic heterocycles. The van der Waals surface area contributed by atoms with Crippen molar-refractivity contribution >= 4 is 6.09 Å². The van der Waals surface area contributed by atoms with E-state index in [4.69, 9.17) is 23.7 Å². The molecule has 8 heteroatoms. The number of carbonyl (C=O) groups is 1. The lowest BCUT2D eigenvalue weighted by atomic mass is 9.89. The van der Waals surface area contributed by atoms with E-state index in [0.717, 1.165) is 41.6 Å². The van der Waals surface area contributed by atoms with E-state index < -0.39 is 5.60 Å². The van der Waals surface area contributed by atoms with Crippen molar-refractivity contribution in [3.8, 4) is 0 Å². The van der Waals surface area contributed by atoms with Gasteiger partial charge in [-0.15, -0.1) is 0 Å². The molecule has 4 aromatic rings. The Bertz CT molecular complexity index is 1630. The minimum absolute atomic E-state index is 0.0938. The highest BCUT2D eigenvalue weighted by Crippen LogP contribution is 2.32. The number of hydrogen-bond donors (Lipinski definition) is 0. The second-order valence-corrected chi connectivity index (χ2v) is 15.3. The fourth-order valence-electron chi connectivity index (χ4n) is 7.21. The van der Waals surface area contributed by atoms with Gasteiger partial charge in [0.1, 0.15) is 17.8 Å². The number of amides is 1. The minimum Gasteiger partial charge on any atom is -0.444 e. The lowest BCUT2D eigenvalue weighted by Gasteiger charge is -2.49. The molecule has 2 fully saturated rings. The van der Waals surface area contributed by atoms with E-state index in [2.05, 4.69) is 53.4 Å². The average molecular weight is 721 g/mol. The first kappa shape index (κ1) is 38.7. The molecule has 4 atom stereocenters. The Morgan fingerprint density at radius 1 is 0.623 bits per heavy atom. The first-order chi connectivity index (χ1) is 25.8. The van der Waals surface area contributed by atoms with E-state index in [1.54, 1.807) is 0 Å². The first-order valence-corrected chi connectivity index (χ1v) is 19.1. The third-order valence-corrected chi connectivity index (χ3v) is 9.99. The van der Waals surface area contributed by atoms with Crippen molar-refractivity contribution in [2.75, 3.05) is 32.8 Å². The zero-order chi connectivity index (χ0) is 36.9. The molecule has 53 heavy (non-hydrogen) atoms. The molecule has 2 saturated heterocycles. The van der Waals surface area contributed by atoms with Crippen molar-refractivity contribution in [1.29, 1.82) is 0 Å². The molecule has 0 radical (unpaired) electrons. The molecule has 2 aliphatic rings. The standard InChI is InChI=1S/C45H56N2O6/c1-45(2,3)53-44(48)46-26-24-35(25-27-46)28-47-29-41(50-31-37-18-10-5-11-19-37)43(52-33-39-22-14-7-15-23-39)42(51-32-38-20-12-6-13-21-38)40(47)34-49-30-36-16-8-4-9-17-36/h4-23,35,40-43H,24-34H2,1-3H3/t40-,41-,42+,43+/m0/s1. The fraction of sp³-hybridized carbons (Fsp3) is 0.444. The smallest absolute Gasteiger partial charge is 0.410 e. The van der Waals surface area contributed by atoms with E-state index >= 15 is 0 Å². The summed E-state index contributed by atoms with van der Waals surface area (Å²) in [4.78, 5) is 17.3. The van der Waals surface area contributed by atoms with Gasteiger partial charge in [-0.25, -0.2) is 4.79 Å². The summed E-state index contributed by atoms with van der Waals surface area (Å²) in [7, 11) is 0. The Morgan fingerprint density at radius 3 is 1.57 bits per heavy atom. The predicted molar refractivity (Wildman–Crippen MR) is 207 cm³/mol. The van der Waals surface area contributed by atoms with Crippen molar-refractivity contribution in [3.63, 3.8) is 0 Å². The fourth-order valence-corrected chi connectivity index (χ4v) is 7.21. The van der Waals surface area contributed by atoms with Crippen molar-refractivity contribution in [3.05, 3.63) is 144 Å². The Hall–Kier alpha value is -4.05. The molecule has 1 amide bonds. The molecule has 0 aliphatic carbocycles. The second kappa shape index (κ2) is 19.3. The van der Waals surface area contributed by atoms with Crippen LogP contribution in [0.4, 0.5) is 4.79 Å². The molecule has 0 saturated carbocycles. The van der Waals surface area contributed by atoms with Gasteiger partial charge in [0.15, 0.2) is 0 Å². The number of nitrogens with zero attached hydrogens (tertiary/aromatic N) is 2. The molecule has 2 heterocycles. The van der Waals surface area contributed by atoms with Gasteiger partial charge in [-0.3, -0.25) is 4.90 Å². The van der Waals surface area contributed by atoms with E-state index in [1.165, 1.54) is 0 Å². The van der Waals surface area contributed by atoms with Crippen molar-refractivity contribution in [1.82, 2.24) is 9.80 Å². The SMILES string of the molecule is CC(C)(C)OC(=O)N1CCC(CN2C[C@H](OCc3ccccc3)[C@@H](OCc3ccccc3)[C@H](OCc3ccccc3)[C@@H]2COCc2ccccc2)CC1. The summed E-state index contributed by atoms with van der Waals surface area (Å²) in [6, 6.07) is 41.2. The number of ether oxygens (including phenoxy) is 5. The van der Waals surface area contributed by atoms with E-state index in [9.17, 15) is 4.79 Å². The van der Waals surface area contributed by atoms with Gasteiger partial charge in [0.25, 0.3) is 0 Å². The summed E-state index contributed by atoms with van der Waals surface area (Å²) in [5, 5.41) is 0. The van der Waals surface area contributed by atoms with Gasteiger partial charge in [-0.1, -0.05) is 121 Å². The molecule has 2 aliphatic heterocycles. The number of carbonyl (C=O) groups excluding carboxylic acids is 1. The van der Waals surface area contributed by atoms with Gasteiger partial charge >= 0.3 is 6.09 Å². The molecule has 0 bridgehead atoms. The summed E-state index contributed by atoms with van der Waals surface area (Å²) < 4.78 is 33.0. The summed E-state index contributed by atoms with van der Waals surface area (Å²) in [6.07, 6.45) is 0.609. The largest absolute Gasteiger partial charge is 0.444 e. The summed E-state index contributed by atoms with van der Waals surface area (Å²) in [5.74, 6) is 0.386. The van der Waals surface area contributed by atoms with Crippen LogP contribution in [0.3, 0.4) is 0 Å². The van der Waals surface area contributed by atoms with Crippen molar-refractivity contribution < 1.29 is 28.5 Å². The van der Waals surface area contributed by atoms with E-state index in [0.29, 0.717) is 58.6 Å². The van der Waals surface area contributed by atoms with Crippen LogP contribution in [-0.4, -0.2) is 78.6 Å². The van der Waals surface area contributed by atoms with Crippen molar-refractivity contribution in [2.45, 2.75) is 90.0 Å². The van der Waals surface area contributed by atoms with Crippen LogP contribution in [0.25, 0.3) is 0 Å². The van der Waals surface area contributed by atoms with Crippen LogP contribution in [0.15, 0.2) is 121 Å². The summed E-state index contributed by atoms with van der Waals surface area (Å²) in [5.41, 5.74) is 3.94. The number of benzene rings is 4. The van der Waals surface area contributed by atoms with Crippen LogP contribution in [0.2, 0.25) is 0 Å². The highest BCUT2D eigenvalue weighted by molar-refractivity contribution is 5.68. The van der Waals surface area contributed by atoms with Gasteiger partial charge in [0.05, 0.1) is 45.2 Å². The lowest BCUT2D eigenvalue weighted by Crippen LogP contribution is -2.65. The van der Waals surface area contributed by atoms with Crippen LogP contribution in [0, 0.1) is 5.92 Å². The molecule has 0 unspecified atom stereocenters. The Balaban J connectivity index is 1.26. The topological polar surface area (TPSA) is 69.7 Å². The summed E-state index contributed by atoms with van der Waals surface area (Å²) >= 11 is 0. The number of hydrogen-bond acceptors (Lipinski definition) is 7. The normalized spacial score (nSPS) is 21.4. The zero-order valence-corrected chi connectivity index (χ0v) is 31.6. The van der Waals surface area contributed by atoms with Gasteiger partial charge in [0.2, 0.25) is 0 Å². The molecule has 8 nitrogen and oxygen atoms in total. The highest BCUT2D eigenvalue weighted by Gasteiger charge is 2.47. The van der Waals surface area contributed by atoms with Gasteiger partial charge < -0.3 is 28.6 Å². The van der Waals surface area contributed by atoms with Crippen LogP contribution in [0.1, 0.15) is 55.9 Å². The van der Waals surface area contributed by atoms with E-state index in [1.807, 2.05) is 98.5 Å². The van der Waals surface area contributed by atoms with Crippen LogP contribution in [0.5, 0.6) is 0 Å². The molecule has 4 aromatic carbocycles. The first-order valence-electron chi connectivity index (χ1n) is 19.1. The quantitative estimate of drug-likeness (QED) is 0.122. The molecule has 6 rings (SSSR count). The summed E-state index contributed by atoms with van der Waals surface area (Å²) in [6.45, 7) is 10.9. The lowest BCUT2D eigenvalue weighted by molar-refractivity contribution is -0.212. The molecule has 282 valence electrons. The minimum atomic E-state index is -0.517. The molecular formula is C45H56N2O6. The van der Waals surface area contributed by atoms with E-state index in [-0.39, 0.29) is 30.4 Å². The van der Waals surface area contributed by atoms with Crippen molar-refractivity contribution in [2.24, 2.45) is 5.92 Å². The van der Waals surface area contributed by atoms with Gasteiger partial charge in [-0.2, -0.15) is 0 Å². The maximum absolute atomic E-state index is 12.9. The average Bonchev–Trinajstić information content (AvgIpc) is 3.17. The van der Waals surface area contributed by atoms with Crippen LogP contribution >= 0.6 is 0 Å². The van der Waals surface area contributed by atoms with Gasteiger partial charge in [-0.05, 0) is 61.8 Å². The van der Waals surface area contributed by atoms with Crippen LogP contribution < -0.4 is 0 Å². The Labute approximate surface area is 316 Å². The number of likely N-dealkylation sites (tertiary alicyclic amines) is 2. The second-order valence-electron chi connectivity index (χ2n) is 15.3. The molecular weight excluding hydrogens is 665 g/mol. The van der Waals surface area contributed by atoms with Crippen LogP contribution in [-0.2, 0) is 50.1 Å². The predicted octanol–water partition coefficient (Wildman–Crippen LogP) is 8.29. The Morgan fingerprint density at radius 2 is 1.08 bits per heavy atom. The molecule has 0 N–H and O–H groups in total. The maximum atomic E-state index is 12.9.